The molecular weight excluding hydrogens is 230 g/mol. The van der Waals surface area contributed by atoms with Gasteiger partial charge in [0.1, 0.15) is 16.5 Å². The van der Waals surface area contributed by atoms with Crippen LogP contribution in [0.15, 0.2) is 6.07 Å². The van der Waals surface area contributed by atoms with E-state index in [4.69, 9.17) is 11.6 Å². The first-order valence-corrected chi connectivity index (χ1v) is 5.01. The maximum Gasteiger partial charge on any atom is 0.341 e. The molecule has 0 unspecified atom stereocenters. The van der Waals surface area contributed by atoms with E-state index in [1.165, 1.54) is 6.07 Å². The fraction of sp³-hybridized carbons (Fsp3) is 0.400. The molecule has 0 radical (unpaired) electrons. The molecule has 0 aliphatic carbocycles. The standard InChI is InChI=1S/C10H14ClN3O2/c1-13(2)6-5-7(11)12-9(14(3)4)8(6)10(15)16/h5H,1-4H3,(H,15,16). The van der Waals surface area contributed by atoms with Gasteiger partial charge in [-0.1, -0.05) is 11.6 Å². The van der Waals surface area contributed by atoms with Crippen LogP contribution in [-0.4, -0.2) is 44.3 Å². The average molecular weight is 244 g/mol. The number of rotatable bonds is 3. The van der Waals surface area contributed by atoms with E-state index in [1.54, 1.807) is 38.0 Å². The summed E-state index contributed by atoms with van der Waals surface area (Å²) in [7, 11) is 6.98. The molecule has 1 aromatic rings. The Balaban J connectivity index is 3.54. The summed E-state index contributed by atoms with van der Waals surface area (Å²) in [5, 5.41) is 9.47. The zero-order valence-corrected chi connectivity index (χ0v) is 10.4. The zero-order valence-electron chi connectivity index (χ0n) is 9.65. The lowest BCUT2D eigenvalue weighted by atomic mass is 10.2. The second kappa shape index (κ2) is 4.57. The molecule has 5 nitrogen and oxygen atoms in total. The second-order valence-corrected chi connectivity index (χ2v) is 4.14. The van der Waals surface area contributed by atoms with Crippen molar-refractivity contribution in [3.05, 3.63) is 16.8 Å². The van der Waals surface area contributed by atoms with Gasteiger partial charge in [-0.2, -0.15) is 0 Å². The molecule has 1 heterocycles. The Morgan fingerprint density at radius 3 is 2.25 bits per heavy atom. The number of nitrogens with zero attached hydrogens (tertiary/aromatic N) is 3. The number of hydrogen-bond donors (Lipinski definition) is 1. The van der Waals surface area contributed by atoms with Crippen LogP contribution in [-0.2, 0) is 0 Å². The van der Waals surface area contributed by atoms with Crippen molar-refractivity contribution in [1.82, 2.24) is 4.98 Å². The number of carboxylic acids is 1. The van der Waals surface area contributed by atoms with Gasteiger partial charge in [0.2, 0.25) is 0 Å². The third-order valence-electron chi connectivity index (χ3n) is 2.07. The lowest BCUT2D eigenvalue weighted by Gasteiger charge is -2.21. The highest BCUT2D eigenvalue weighted by Gasteiger charge is 2.20. The van der Waals surface area contributed by atoms with Crippen LogP contribution in [0.5, 0.6) is 0 Å². The van der Waals surface area contributed by atoms with Gasteiger partial charge in [-0.3, -0.25) is 0 Å². The van der Waals surface area contributed by atoms with Crippen LogP contribution in [0.2, 0.25) is 5.15 Å². The molecule has 1 aromatic heterocycles. The van der Waals surface area contributed by atoms with Crippen molar-refractivity contribution in [3.8, 4) is 0 Å². The van der Waals surface area contributed by atoms with Gasteiger partial charge in [0.25, 0.3) is 0 Å². The summed E-state index contributed by atoms with van der Waals surface area (Å²) in [5.41, 5.74) is 0.690. The summed E-state index contributed by atoms with van der Waals surface area (Å²) in [6.07, 6.45) is 0. The molecule has 0 fully saturated rings. The van der Waals surface area contributed by atoms with Crippen molar-refractivity contribution < 1.29 is 9.90 Å². The fourth-order valence-electron chi connectivity index (χ4n) is 1.37. The Labute approximate surface area is 99.3 Å². The molecule has 16 heavy (non-hydrogen) atoms. The van der Waals surface area contributed by atoms with E-state index in [2.05, 4.69) is 4.98 Å². The number of carbonyl (C=O) groups is 1. The molecule has 88 valence electrons. The van der Waals surface area contributed by atoms with Gasteiger partial charge in [0, 0.05) is 28.2 Å². The first-order valence-electron chi connectivity index (χ1n) is 4.63. The van der Waals surface area contributed by atoms with Gasteiger partial charge < -0.3 is 14.9 Å². The van der Waals surface area contributed by atoms with E-state index in [0.717, 1.165) is 0 Å². The third kappa shape index (κ3) is 2.36. The van der Waals surface area contributed by atoms with Crippen LogP contribution >= 0.6 is 11.6 Å². The summed E-state index contributed by atoms with van der Waals surface area (Å²) in [6, 6.07) is 1.54. The predicted molar refractivity (Wildman–Crippen MR) is 64.9 cm³/mol. The highest BCUT2D eigenvalue weighted by molar-refractivity contribution is 6.30. The van der Waals surface area contributed by atoms with Gasteiger partial charge >= 0.3 is 5.97 Å². The maximum absolute atomic E-state index is 11.2. The number of aromatic nitrogens is 1. The van der Waals surface area contributed by atoms with Crippen molar-refractivity contribution >= 4 is 29.1 Å². The number of hydrogen-bond acceptors (Lipinski definition) is 4. The van der Waals surface area contributed by atoms with Gasteiger partial charge in [-0.15, -0.1) is 0 Å². The lowest BCUT2D eigenvalue weighted by molar-refractivity contribution is 0.0698. The van der Waals surface area contributed by atoms with Crippen LogP contribution in [0.4, 0.5) is 11.5 Å². The minimum atomic E-state index is -1.02. The van der Waals surface area contributed by atoms with Crippen LogP contribution in [0.3, 0.4) is 0 Å². The van der Waals surface area contributed by atoms with Crippen molar-refractivity contribution in [2.24, 2.45) is 0 Å². The number of pyridine rings is 1. The molecule has 0 aromatic carbocycles. The van der Waals surface area contributed by atoms with E-state index in [1.807, 2.05) is 0 Å². The zero-order chi connectivity index (χ0) is 12.5. The van der Waals surface area contributed by atoms with Gasteiger partial charge in [0.15, 0.2) is 0 Å². The number of anilines is 2. The minimum Gasteiger partial charge on any atom is -0.477 e. The Bertz CT molecular complexity index is 390. The molecule has 0 aliphatic heterocycles. The van der Waals surface area contributed by atoms with Crippen LogP contribution in [0.1, 0.15) is 10.4 Å². The van der Waals surface area contributed by atoms with Crippen molar-refractivity contribution in [2.45, 2.75) is 0 Å². The van der Waals surface area contributed by atoms with E-state index in [0.29, 0.717) is 11.5 Å². The second-order valence-electron chi connectivity index (χ2n) is 3.76. The molecule has 1 rings (SSSR count). The predicted octanol–water partition coefficient (Wildman–Crippen LogP) is 1.57. The number of aromatic carboxylic acids is 1. The third-order valence-corrected chi connectivity index (χ3v) is 2.26. The Morgan fingerprint density at radius 1 is 1.31 bits per heavy atom. The fourth-order valence-corrected chi connectivity index (χ4v) is 1.55. The molecule has 0 amide bonds. The monoisotopic (exact) mass is 243 g/mol. The van der Waals surface area contributed by atoms with Crippen molar-refractivity contribution in [1.29, 1.82) is 0 Å². The van der Waals surface area contributed by atoms with E-state index in [9.17, 15) is 9.90 Å². The van der Waals surface area contributed by atoms with Crippen molar-refractivity contribution in [3.63, 3.8) is 0 Å². The molecule has 6 heteroatoms. The number of carboxylic acid groups (broad SMARTS) is 1. The van der Waals surface area contributed by atoms with Crippen LogP contribution in [0.25, 0.3) is 0 Å². The molecule has 0 atom stereocenters. The quantitative estimate of drug-likeness (QED) is 0.817. The summed E-state index contributed by atoms with van der Waals surface area (Å²) in [4.78, 5) is 18.6. The SMILES string of the molecule is CN(C)c1cc(Cl)nc(N(C)C)c1C(=O)O. The molecule has 0 aliphatic rings. The highest BCUT2D eigenvalue weighted by atomic mass is 35.5. The first kappa shape index (κ1) is 12.6. The molecule has 0 saturated carbocycles. The van der Waals surface area contributed by atoms with Gasteiger partial charge in [0.05, 0.1) is 5.69 Å². The van der Waals surface area contributed by atoms with E-state index < -0.39 is 5.97 Å². The van der Waals surface area contributed by atoms with Crippen LogP contribution in [0, 0.1) is 0 Å². The van der Waals surface area contributed by atoms with Crippen LogP contribution < -0.4 is 9.80 Å². The topological polar surface area (TPSA) is 56.7 Å². The largest absolute Gasteiger partial charge is 0.477 e. The average Bonchev–Trinajstić information content (AvgIpc) is 2.15. The Hall–Kier alpha value is -1.49. The minimum absolute atomic E-state index is 0.152. The molecule has 1 N–H and O–H groups in total. The van der Waals surface area contributed by atoms with Gasteiger partial charge in [-0.05, 0) is 6.07 Å². The normalized spacial score (nSPS) is 10.1. The Morgan fingerprint density at radius 2 is 1.88 bits per heavy atom. The van der Waals surface area contributed by atoms with E-state index in [-0.39, 0.29) is 10.7 Å². The maximum atomic E-state index is 11.2. The van der Waals surface area contributed by atoms with E-state index >= 15 is 0 Å². The summed E-state index contributed by atoms with van der Waals surface area (Å²) in [6.45, 7) is 0. The molecule has 0 bridgehead atoms. The lowest BCUT2D eigenvalue weighted by Crippen LogP contribution is -2.20. The smallest absolute Gasteiger partial charge is 0.341 e. The number of halogens is 1. The Kier molecular flexibility index (Phi) is 3.59. The molecule has 0 spiro atoms. The molecular formula is C10H14ClN3O2. The summed E-state index contributed by atoms with van der Waals surface area (Å²) < 4.78 is 0. The summed E-state index contributed by atoms with van der Waals surface area (Å²) in [5.74, 6) is -0.666. The first-order chi connectivity index (χ1) is 7.34. The van der Waals surface area contributed by atoms with Crippen molar-refractivity contribution in [2.75, 3.05) is 38.0 Å². The van der Waals surface area contributed by atoms with Gasteiger partial charge in [-0.25, -0.2) is 9.78 Å². The highest BCUT2D eigenvalue weighted by Crippen LogP contribution is 2.29. The molecule has 0 saturated heterocycles. The summed E-state index contributed by atoms with van der Waals surface area (Å²) >= 11 is 5.86.